The Labute approximate surface area is 158 Å². The van der Waals surface area contributed by atoms with E-state index in [0.717, 1.165) is 16.9 Å². The number of carbonyl (C=O) groups is 1. The Morgan fingerprint density at radius 2 is 1.89 bits per heavy atom. The highest BCUT2D eigenvalue weighted by molar-refractivity contribution is 5.76. The molecule has 1 atom stereocenters. The van der Waals surface area contributed by atoms with E-state index in [-0.39, 0.29) is 11.9 Å². The molecule has 0 spiro atoms. The highest BCUT2D eigenvalue weighted by atomic mass is 16.5. The molecule has 1 heterocycles. The number of benzene rings is 2. The Balaban J connectivity index is 1.52. The second-order valence-corrected chi connectivity index (χ2v) is 6.17. The monoisotopic (exact) mass is 365 g/mol. The maximum atomic E-state index is 12.2. The van der Waals surface area contributed by atoms with Crippen molar-refractivity contribution < 1.29 is 14.1 Å². The van der Waals surface area contributed by atoms with Gasteiger partial charge in [-0.25, -0.2) is 0 Å². The van der Waals surface area contributed by atoms with Crippen LogP contribution >= 0.6 is 0 Å². The topological polar surface area (TPSA) is 77.2 Å². The molecule has 1 N–H and O–H groups in total. The van der Waals surface area contributed by atoms with E-state index < -0.39 is 0 Å². The van der Waals surface area contributed by atoms with Gasteiger partial charge >= 0.3 is 0 Å². The molecule has 0 aliphatic heterocycles. The van der Waals surface area contributed by atoms with Gasteiger partial charge in [-0.05, 0) is 43.7 Å². The molecule has 0 fully saturated rings. The van der Waals surface area contributed by atoms with E-state index in [2.05, 4.69) is 15.5 Å². The molecular formula is C21H23N3O3. The van der Waals surface area contributed by atoms with Crippen LogP contribution in [0.5, 0.6) is 5.75 Å². The lowest BCUT2D eigenvalue weighted by atomic mass is 10.1. The summed E-state index contributed by atoms with van der Waals surface area (Å²) in [4.78, 5) is 16.5. The number of amides is 1. The van der Waals surface area contributed by atoms with Crippen molar-refractivity contribution in [3.05, 3.63) is 66.1 Å². The van der Waals surface area contributed by atoms with E-state index in [0.29, 0.717) is 31.2 Å². The Hall–Kier alpha value is -3.15. The predicted octanol–water partition coefficient (Wildman–Crippen LogP) is 3.95. The maximum absolute atomic E-state index is 12.2. The lowest BCUT2D eigenvalue weighted by Crippen LogP contribution is -2.26. The first-order chi connectivity index (χ1) is 13.2. The third-order valence-corrected chi connectivity index (χ3v) is 4.13. The third-order valence-electron chi connectivity index (χ3n) is 4.13. The molecule has 0 bridgehead atoms. The molecule has 1 unspecified atom stereocenters. The van der Waals surface area contributed by atoms with Crippen molar-refractivity contribution in [3.63, 3.8) is 0 Å². The van der Waals surface area contributed by atoms with Gasteiger partial charge in [0.2, 0.25) is 17.6 Å². The normalized spacial score (nSPS) is 11.8. The van der Waals surface area contributed by atoms with Crippen LogP contribution in [0.2, 0.25) is 0 Å². The average molecular weight is 365 g/mol. The van der Waals surface area contributed by atoms with E-state index >= 15 is 0 Å². The highest BCUT2D eigenvalue weighted by Crippen LogP contribution is 2.20. The molecule has 6 heteroatoms. The standard InChI is InChI=1S/C21H23N3O3/c1-3-26-18-11-9-17(10-12-18)21-23-20(27-24-21)14-13-19(25)22-15(2)16-7-5-4-6-8-16/h4-12,15H,3,13-14H2,1-2H3,(H,22,25). The molecule has 1 aromatic heterocycles. The number of carbonyl (C=O) groups excluding carboxylic acids is 1. The molecule has 3 aromatic rings. The highest BCUT2D eigenvalue weighted by Gasteiger charge is 2.13. The fourth-order valence-electron chi connectivity index (χ4n) is 2.70. The van der Waals surface area contributed by atoms with Crippen LogP contribution in [0.4, 0.5) is 0 Å². The van der Waals surface area contributed by atoms with E-state index in [4.69, 9.17) is 9.26 Å². The Kier molecular flexibility index (Phi) is 6.20. The van der Waals surface area contributed by atoms with Gasteiger partial charge in [-0.1, -0.05) is 35.5 Å². The molecule has 0 radical (unpaired) electrons. The van der Waals surface area contributed by atoms with Gasteiger partial charge in [0.15, 0.2) is 0 Å². The van der Waals surface area contributed by atoms with Gasteiger partial charge in [0, 0.05) is 18.4 Å². The number of hydrogen-bond acceptors (Lipinski definition) is 5. The van der Waals surface area contributed by atoms with Crippen molar-refractivity contribution in [3.8, 4) is 17.1 Å². The molecule has 0 aliphatic carbocycles. The van der Waals surface area contributed by atoms with Crippen LogP contribution in [0.25, 0.3) is 11.4 Å². The largest absolute Gasteiger partial charge is 0.494 e. The smallest absolute Gasteiger partial charge is 0.227 e. The summed E-state index contributed by atoms with van der Waals surface area (Å²) in [5.74, 6) is 1.70. The van der Waals surface area contributed by atoms with Crippen LogP contribution in [-0.2, 0) is 11.2 Å². The average Bonchev–Trinajstić information content (AvgIpc) is 3.17. The van der Waals surface area contributed by atoms with Crippen molar-refractivity contribution in [2.24, 2.45) is 0 Å². The van der Waals surface area contributed by atoms with Crippen LogP contribution < -0.4 is 10.1 Å². The number of rotatable bonds is 8. The SMILES string of the molecule is CCOc1ccc(-c2noc(CCC(=O)NC(C)c3ccccc3)n2)cc1. The van der Waals surface area contributed by atoms with Gasteiger partial charge in [0.05, 0.1) is 12.6 Å². The summed E-state index contributed by atoms with van der Waals surface area (Å²) in [5, 5.41) is 6.97. The molecule has 0 saturated heterocycles. The first kappa shape index (κ1) is 18.6. The van der Waals surface area contributed by atoms with E-state index in [1.807, 2.05) is 68.4 Å². The van der Waals surface area contributed by atoms with Crippen molar-refractivity contribution in [2.75, 3.05) is 6.61 Å². The van der Waals surface area contributed by atoms with E-state index in [9.17, 15) is 4.79 Å². The van der Waals surface area contributed by atoms with Gasteiger partial charge in [0.25, 0.3) is 0 Å². The number of nitrogens with zero attached hydrogens (tertiary/aromatic N) is 2. The summed E-state index contributed by atoms with van der Waals surface area (Å²) in [6, 6.07) is 17.3. The maximum Gasteiger partial charge on any atom is 0.227 e. The van der Waals surface area contributed by atoms with Crippen LogP contribution in [0.15, 0.2) is 59.1 Å². The van der Waals surface area contributed by atoms with Crippen molar-refractivity contribution >= 4 is 5.91 Å². The van der Waals surface area contributed by atoms with Gasteiger partial charge < -0.3 is 14.6 Å². The lowest BCUT2D eigenvalue weighted by molar-refractivity contribution is -0.121. The summed E-state index contributed by atoms with van der Waals surface area (Å²) in [6.45, 7) is 4.52. The molecule has 0 saturated carbocycles. The van der Waals surface area contributed by atoms with Gasteiger partial charge in [-0.2, -0.15) is 4.98 Å². The second-order valence-electron chi connectivity index (χ2n) is 6.17. The minimum atomic E-state index is -0.0489. The molecule has 2 aromatic carbocycles. The number of nitrogens with one attached hydrogen (secondary N) is 1. The number of aromatic nitrogens is 2. The quantitative estimate of drug-likeness (QED) is 0.654. The summed E-state index contributed by atoms with van der Waals surface area (Å²) >= 11 is 0. The van der Waals surface area contributed by atoms with Crippen molar-refractivity contribution in [2.45, 2.75) is 32.7 Å². The number of hydrogen-bond donors (Lipinski definition) is 1. The molecular weight excluding hydrogens is 342 g/mol. The molecule has 0 aliphatic rings. The summed E-state index contributed by atoms with van der Waals surface area (Å²) in [6.07, 6.45) is 0.694. The number of ether oxygens (including phenoxy) is 1. The van der Waals surface area contributed by atoms with Crippen LogP contribution in [0.1, 0.15) is 37.8 Å². The second kappa shape index (κ2) is 8.98. The molecule has 1 amide bonds. The third kappa shape index (κ3) is 5.17. The first-order valence-electron chi connectivity index (χ1n) is 9.06. The Morgan fingerprint density at radius 3 is 2.59 bits per heavy atom. The first-order valence-corrected chi connectivity index (χ1v) is 9.06. The fourth-order valence-corrected chi connectivity index (χ4v) is 2.70. The van der Waals surface area contributed by atoms with Gasteiger partial charge in [0.1, 0.15) is 5.75 Å². The van der Waals surface area contributed by atoms with Gasteiger partial charge in [-0.3, -0.25) is 4.79 Å². The van der Waals surface area contributed by atoms with Crippen LogP contribution in [0, 0.1) is 0 Å². The summed E-state index contributed by atoms with van der Waals surface area (Å²) in [7, 11) is 0. The van der Waals surface area contributed by atoms with Gasteiger partial charge in [-0.15, -0.1) is 0 Å². The van der Waals surface area contributed by atoms with Crippen LogP contribution in [-0.4, -0.2) is 22.7 Å². The Morgan fingerprint density at radius 1 is 1.15 bits per heavy atom. The zero-order valence-corrected chi connectivity index (χ0v) is 15.5. The zero-order chi connectivity index (χ0) is 19.1. The minimum absolute atomic E-state index is 0.0409. The predicted molar refractivity (Wildman–Crippen MR) is 102 cm³/mol. The molecule has 27 heavy (non-hydrogen) atoms. The van der Waals surface area contributed by atoms with Crippen molar-refractivity contribution in [1.29, 1.82) is 0 Å². The van der Waals surface area contributed by atoms with E-state index in [1.165, 1.54) is 0 Å². The molecule has 3 rings (SSSR count). The van der Waals surface area contributed by atoms with E-state index in [1.54, 1.807) is 0 Å². The summed E-state index contributed by atoms with van der Waals surface area (Å²) in [5.41, 5.74) is 1.91. The minimum Gasteiger partial charge on any atom is -0.494 e. The lowest BCUT2D eigenvalue weighted by Gasteiger charge is -2.13. The zero-order valence-electron chi connectivity index (χ0n) is 15.5. The van der Waals surface area contributed by atoms with Crippen molar-refractivity contribution in [1.82, 2.24) is 15.5 Å². The molecule has 140 valence electrons. The molecule has 6 nitrogen and oxygen atoms in total. The Bertz CT molecular complexity index is 860. The fraction of sp³-hybridized carbons (Fsp3) is 0.286. The number of aryl methyl sites for hydroxylation is 1. The summed E-state index contributed by atoms with van der Waals surface area (Å²) < 4.78 is 10.7. The van der Waals surface area contributed by atoms with Crippen LogP contribution in [0.3, 0.4) is 0 Å².